The van der Waals surface area contributed by atoms with E-state index in [4.69, 9.17) is 0 Å². The Bertz CT molecular complexity index is 3070. The molecule has 0 aromatic carbocycles. The minimum atomic E-state index is -8.47. The van der Waals surface area contributed by atoms with Crippen molar-refractivity contribution < 1.29 is 14.3 Å². The van der Waals surface area contributed by atoms with E-state index in [9.17, 15) is 0 Å². The van der Waals surface area contributed by atoms with Crippen LogP contribution in [-0.2, 0) is 14.3 Å². The van der Waals surface area contributed by atoms with Crippen LogP contribution in [0.2, 0.25) is 55.2 Å². The van der Waals surface area contributed by atoms with Crippen molar-refractivity contribution in [1.29, 1.82) is 0 Å². The number of fused-ring (bicyclic) bond motifs is 16. The molecule has 20 aliphatic rings. The number of allylic oxidation sites excluding steroid dienone is 32. The summed E-state index contributed by atoms with van der Waals surface area (Å²) in [4.78, 5) is 0. The molecule has 0 aromatic rings. The van der Waals surface area contributed by atoms with E-state index in [0.717, 1.165) is 0 Å². The van der Waals surface area contributed by atoms with Crippen LogP contribution in [0.15, 0.2) is 179 Å². The number of hydrogen-bond acceptors (Lipinski definition) is 0. The number of hydrogen-bond donors (Lipinski definition) is 0. The third-order valence-corrected chi connectivity index (χ3v) is 112. The van der Waals surface area contributed by atoms with Crippen molar-refractivity contribution in [3.05, 3.63) is 179 Å². The van der Waals surface area contributed by atoms with Gasteiger partial charge >= 0.3 is 490 Å². The van der Waals surface area contributed by atoms with Gasteiger partial charge in [0.05, 0.1) is 0 Å². The van der Waals surface area contributed by atoms with Gasteiger partial charge in [-0.1, -0.05) is 0 Å². The Labute approximate surface area is 485 Å². The van der Waals surface area contributed by atoms with E-state index < -0.39 is 49.5 Å². The molecule has 0 N–H and O–H groups in total. The van der Waals surface area contributed by atoms with Crippen molar-refractivity contribution in [2.75, 3.05) is 0 Å². The predicted octanol–water partition coefficient (Wildman–Crippen LogP) is 20.9. The molecule has 5 heteroatoms. The minimum absolute atomic E-state index is 0.616. The molecule has 81 heavy (non-hydrogen) atoms. The van der Waals surface area contributed by atoms with Crippen LogP contribution in [0.5, 0.6) is 0 Å². The summed E-state index contributed by atoms with van der Waals surface area (Å²) in [5.74, 6) is 0. The van der Waals surface area contributed by atoms with Crippen LogP contribution < -0.4 is 0 Å². The van der Waals surface area contributed by atoms with Crippen LogP contribution in [0.25, 0.3) is 0 Å². The van der Waals surface area contributed by atoms with Crippen LogP contribution in [0, 0.1) is 0 Å². The van der Waals surface area contributed by atoms with E-state index in [1.165, 1.54) is 205 Å². The zero-order chi connectivity index (χ0) is 53.4. The zero-order valence-corrected chi connectivity index (χ0v) is 57.8. The molecule has 16 aliphatic carbocycles. The van der Waals surface area contributed by atoms with Gasteiger partial charge in [-0.2, -0.15) is 0 Å². The Balaban J connectivity index is 1.26. The molecule has 8 atom stereocenters. The number of rotatable bonds is 0. The van der Waals surface area contributed by atoms with Crippen molar-refractivity contribution in [3.8, 4) is 0 Å². The summed E-state index contributed by atoms with van der Waals surface area (Å²) in [6.45, 7) is 12.5. The second-order valence-corrected chi connectivity index (χ2v) is 79.6. The fourth-order valence-corrected chi connectivity index (χ4v) is 178. The molecule has 0 aromatic heterocycles. The maximum atomic E-state index is 3.34. The third-order valence-electron chi connectivity index (χ3n) is 34.0. The summed E-state index contributed by atoms with van der Waals surface area (Å²) in [6.07, 6.45) is 72.1. The fourth-order valence-electron chi connectivity index (χ4n) is 34.9. The average Bonchev–Trinajstić information content (AvgIpc) is 1.50. The quantitative estimate of drug-likeness (QED) is 0.212. The molecule has 4 saturated heterocycles. The molecule has 0 amide bonds. The molecule has 4 heterocycles. The second-order valence-electron chi connectivity index (χ2n) is 34.2. The van der Waals surface area contributed by atoms with Crippen LogP contribution in [-0.4, -0.2) is 35.2 Å². The van der Waals surface area contributed by atoms with Gasteiger partial charge in [0, 0.05) is 0 Å². The topological polar surface area (TPSA) is 0 Å². The SMILES string of the molecule is C[SiH]1C2=CC3=C(CCCC3)[CH]2[Zr]234([CH]5C1=CC1=C5CCCC1)([CH]1C(=CC5=C1CCCC5)[SiH](C)C1=CC5=C(CCCC5)[CH]12)([CH]1C(=CC2=C1CCCC2)[SiH](C)C1=CC2=C(CCCC2)[CH]13)[CH]1C(=CC2=C1CCCC2)[SiH](C)C1=CC2=C(CCCC2)[CH]14. The van der Waals surface area contributed by atoms with Gasteiger partial charge in [-0.15, -0.1) is 0 Å². The normalized spacial score (nSPS) is 44.2. The monoisotopic (exact) mass is 1210 g/mol. The Morgan fingerprint density at radius 3 is 0.469 bits per heavy atom. The van der Waals surface area contributed by atoms with Crippen molar-refractivity contribution in [2.45, 2.75) is 261 Å². The second kappa shape index (κ2) is 15.1. The summed E-state index contributed by atoms with van der Waals surface area (Å²) in [5, 5.41) is 18.2. The van der Waals surface area contributed by atoms with Crippen LogP contribution in [0.1, 0.15) is 205 Å². The van der Waals surface area contributed by atoms with Crippen LogP contribution in [0.3, 0.4) is 0 Å². The first-order chi connectivity index (χ1) is 39.7. The van der Waals surface area contributed by atoms with Gasteiger partial charge in [-0.25, -0.2) is 0 Å². The first kappa shape index (κ1) is 49.7. The molecule has 0 nitrogen and oxygen atoms in total. The van der Waals surface area contributed by atoms with E-state index >= 15 is 0 Å². The molecular weight excluding hydrogens is 1120 g/mol. The molecule has 4 fully saturated rings. The molecule has 420 valence electrons. The van der Waals surface area contributed by atoms with Crippen molar-refractivity contribution in [1.82, 2.24) is 0 Å². The van der Waals surface area contributed by atoms with Crippen molar-refractivity contribution >= 4 is 35.2 Å². The Morgan fingerprint density at radius 1 is 0.210 bits per heavy atom. The summed E-state index contributed by atoms with van der Waals surface area (Å²) in [6, 6.07) is 0. The molecule has 1 spiro atoms. The Hall–Kier alpha value is -2.41. The van der Waals surface area contributed by atoms with Gasteiger partial charge < -0.3 is 0 Å². The van der Waals surface area contributed by atoms with Gasteiger partial charge in [0.25, 0.3) is 0 Å². The van der Waals surface area contributed by atoms with E-state index in [-0.39, 0.29) is 0 Å². The molecule has 0 bridgehead atoms. The maximum absolute atomic E-state index is 8.47. The Morgan fingerprint density at radius 2 is 0.333 bits per heavy atom. The third kappa shape index (κ3) is 4.18. The fraction of sp³-hybridized carbons (Fsp3) is 0.579. The van der Waals surface area contributed by atoms with E-state index in [1.54, 1.807) is 0 Å². The van der Waals surface area contributed by atoms with Gasteiger partial charge in [0.1, 0.15) is 0 Å². The molecule has 0 radical (unpaired) electrons. The average molecular weight is 1210 g/mol. The Kier molecular flexibility index (Phi) is 9.26. The molecule has 8 unspecified atom stereocenters. The first-order valence-electron chi connectivity index (χ1n) is 35.8. The van der Waals surface area contributed by atoms with Gasteiger partial charge in [-0.3, -0.25) is 0 Å². The first-order valence-corrected chi connectivity index (χ1v) is 56.4. The molecule has 20 rings (SSSR count). The van der Waals surface area contributed by atoms with Gasteiger partial charge in [0.2, 0.25) is 0 Å². The molecule has 4 aliphatic heterocycles. The van der Waals surface area contributed by atoms with E-state index in [1.807, 2.05) is 44.6 Å². The summed E-state index contributed by atoms with van der Waals surface area (Å²) in [5.41, 5.74) is 33.9. The van der Waals surface area contributed by atoms with Crippen molar-refractivity contribution in [3.63, 3.8) is 0 Å². The molecule has 0 saturated carbocycles. The van der Waals surface area contributed by atoms with Gasteiger partial charge in [-0.05, 0) is 0 Å². The zero-order valence-electron chi connectivity index (χ0n) is 50.7. The summed E-state index contributed by atoms with van der Waals surface area (Å²) < 4.78 is 4.93. The van der Waals surface area contributed by atoms with Crippen LogP contribution >= 0.6 is 0 Å². The van der Waals surface area contributed by atoms with Crippen LogP contribution in [0.4, 0.5) is 0 Å². The van der Waals surface area contributed by atoms with Crippen molar-refractivity contribution in [2.24, 2.45) is 0 Å². The predicted molar refractivity (Wildman–Crippen MR) is 351 cm³/mol. The summed E-state index contributed by atoms with van der Waals surface area (Å²) >= 11 is -8.47. The standard InChI is InChI=1S/4C19H24Si.Zr/c4*1-20(18-10-14-6-2-3-7-15(14)11-18)19-12-16-8-4-5-9-17(16)13-19;/h4*10-13,20H,2-9H2,1H3;. The van der Waals surface area contributed by atoms with E-state index in [2.05, 4.69) is 161 Å². The van der Waals surface area contributed by atoms with E-state index in [0.29, 0.717) is 29.0 Å². The molecular formula is C76H96Si4Zr. The van der Waals surface area contributed by atoms with Gasteiger partial charge in [0.15, 0.2) is 0 Å². The summed E-state index contributed by atoms with van der Waals surface area (Å²) in [7, 11) is -7.09.